The lowest BCUT2D eigenvalue weighted by Crippen LogP contribution is -2.38. The van der Waals surface area contributed by atoms with Crippen molar-refractivity contribution >= 4 is 0 Å². The zero-order chi connectivity index (χ0) is 12.3. The monoisotopic (exact) mass is 223 g/mol. The maximum absolute atomic E-state index is 14.0. The second-order valence-electron chi connectivity index (χ2n) is 5.39. The van der Waals surface area contributed by atoms with Crippen LogP contribution in [-0.2, 0) is 0 Å². The Bertz CT molecular complexity index is 352. The van der Waals surface area contributed by atoms with Crippen LogP contribution in [0.1, 0.15) is 43.6 Å². The van der Waals surface area contributed by atoms with Gasteiger partial charge in [-0.25, -0.2) is 4.39 Å². The van der Waals surface area contributed by atoms with Crippen molar-refractivity contribution < 1.29 is 4.39 Å². The molecule has 1 nitrogen and oxygen atoms in total. The number of nitrogens with one attached hydrogen (secondary N) is 1. The molecule has 0 bridgehead atoms. The van der Waals surface area contributed by atoms with Crippen LogP contribution in [0.4, 0.5) is 4.39 Å². The van der Waals surface area contributed by atoms with E-state index in [1.165, 1.54) is 0 Å². The molecule has 0 aliphatic heterocycles. The molecule has 0 fully saturated rings. The molecular weight excluding hydrogens is 201 g/mol. The SMILES string of the molecule is Cc1cccc(C(F)CNC(C)(C)C)c1C. The molecule has 90 valence electrons. The van der Waals surface area contributed by atoms with E-state index < -0.39 is 6.17 Å². The Balaban J connectivity index is 2.73. The van der Waals surface area contributed by atoms with Gasteiger partial charge in [-0.2, -0.15) is 0 Å². The van der Waals surface area contributed by atoms with Crippen LogP contribution in [-0.4, -0.2) is 12.1 Å². The molecule has 0 saturated carbocycles. The van der Waals surface area contributed by atoms with Gasteiger partial charge in [0.25, 0.3) is 0 Å². The number of aryl methyl sites for hydroxylation is 1. The number of benzene rings is 1. The molecule has 1 unspecified atom stereocenters. The molecule has 1 rings (SSSR count). The van der Waals surface area contributed by atoms with Crippen LogP contribution in [0.5, 0.6) is 0 Å². The molecule has 1 atom stereocenters. The predicted octanol–water partition coefficient (Wildman–Crippen LogP) is 3.70. The number of rotatable bonds is 3. The zero-order valence-electron chi connectivity index (χ0n) is 10.9. The maximum atomic E-state index is 14.0. The maximum Gasteiger partial charge on any atom is 0.138 e. The summed E-state index contributed by atoms with van der Waals surface area (Å²) in [7, 11) is 0. The third-order valence-electron chi connectivity index (χ3n) is 2.80. The Morgan fingerprint density at radius 3 is 2.44 bits per heavy atom. The van der Waals surface area contributed by atoms with Crippen molar-refractivity contribution in [3.05, 3.63) is 34.9 Å². The van der Waals surface area contributed by atoms with Gasteiger partial charge in [0.05, 0.1) is 0 Å². The summed E-state index contributed by atoms with van der Waals surface area (Å²) in [6, 6.07) is 5.81. The van der Waals surface area contributed by atoms with Crippen molar-refractivity contribution in [1.29, 1.82) is 0 Å². The van der Waals surface area contributed by atoms with E-state index in [9.17, 15) is 4.39 Å². The predicted molar refractivity (Wildman–Crippen MR) is 67.5 cm³/mol. The van der Waals surface area contributed by atoms with Gasteiger partial charge in [-0.1, -0.05) is 18.2 Å². The minimum Gasteiger partial charge on any atom is -0.309 e. The van der Waals surface area contributed by atoms with E-state index in [2.05, 4.69) is 5.32 Å². The molecule has 0 aliphatic carbocycles. The normalized spacial score (nSPS) is 13.9. The summed E-state index contributed by atoms with van der Waals surface area (Å²) >= 11 is 0. The summed E-state index contributed by atoms with van der Waals surface area (Å²) in [5, 5.41) is 3.19. The van der Waals surface area contributed by atoms with Crippen molar-refractivity contribution in [1.82, 2.24) is 5.32 Å². The lowest BCUT2D eigenvalue weighted by Gasteiger charge is -2.23. The molecule has 1 aromatic rings. The molecule has 0 aliphatic rings. The molecule has 0 radical (unpaired) electrons. The minimum atomic E-state index is -0.931. The molecule has 16 heavy (non-hydrogen) atoms. The van der Waals surface area contributed by atoms with E-state index in [4.69, 9.17) is 0 Å². The molecule has 0 amide bonds. The third-order valence-corrected chi connectivity index (χ3v) is 2.80. The van der Waals surface area contributed by atoms with E-state index in [-0.39, 0.29) is 5.54 Å². The number of hydrogen-bond acceptors (Lipinski definition) is 1. The minimum absolute atomic E-state index is 0.0396. The molecule has 0 heterocycles. The molecule has 0 aromatic heterocycles. The first kappa shape index (κ1) is 13.2. The van der Waals surface area contributed by atoms with Crippen LogP contribution >= 0.6 is 0 Å². The number of hydrogen-bond donors (Lipinski definition) is 1. The smallest absolute Gasteiger partial charge is 0.138 e. The van der Waals surface area contributed by atoms with Gasteiger partial charge in [0, 0.05) is 12.1 Å². The van der Waals surface area contributed by atoms with Crippen LogP contribution in [0.3, 0.4) is 0 Å². The lowest BCUT2D eigenvalue weighted by atomic mass is 9.99. The Kier molecular flexibility index (Phi) is 4.09. The van der Waals surface area contributed by atoms with Crippen molar-refractivity contribution in [2.24, 2.45) is 0 Å². The number of halogens is 1. The summed E-state index contributed by atoms with van der Waals surface area (Å²) < 4.78 is 14.0. The van der Waals surface area contributed by atoms with Crippen molar-refractivity contribution in [2.75, 3.05) is 6.54 Å². The van der Waals surface area contributed by atoms with Gasteiger partial charge in [-0.15, -0.1) is 0 Å². The summed E-state index contributed by atoms with van der Waals surface area (Å²) in [6.07, 6.45) is -0.931. The summed E-state index contributed by atoms with van der Waals surface area (Å²) in [5.41, 5.74) is 2.97. The highest BCUT2D eigenvalue weighted by Gasteiger charge is 2.16. The van der Waals surface area contributed by atoms with Gasteiger partial charge in [0.2, 0.25) is 0 Å². The van der Waals surface area contributed by atoms with Crippen LogP contribution < -0.4 is 5.32 Å². The van der Waals surface area contributed by atoms with E-state index >= 15 is 0 Å². The highest BCUT2D eigenvalue weighted by molar-refractivity contribution is 5.34. The van der Waals surface area contributed by atoms with Gasteiger partial charge in [-0.3, -0.25) is 0 Å². The topological polar surface area (TPSA) is 12.0 Å². The van der Waals surface area contributed by atoms with E-state index in [0.717, 1.165) is 16.7 Å². The molecule has 1 aromatic carbocycles. The fraction of sp³-hybridized carbons (Fsp3) is 0.571. The largest absolute Gasteiger partial charge is 0.309 e. The van der Waals surface area contributed by atoms with Crippen LogP contribution in [0.25, 0.3) is 0 Å². The van der Waals surface area contributed by atoms with Gasteiger partial charge >= 0.3 is 0 Å². The van der Waals surface area contributed by atoms with E-state index in [0.29, 0.717) is 6.54 Å². The van der Waals surface area contributed by atoms with Crippen LogP contribution in [0.2, 0.25) is 0 Å². The zero-order valence-corrected chi connectivity index (χ0v) is 10.9. The quantitative estimate of drug-likeness (QED) is 0.824. The summed E-state index contributed by atoms with van der Waals surface area (Å²) in [6.45, 7) is 10.5. The van der Waals surface area contributed by atoms with E-state index in [1.807, 2.05) is 52.8 Å². The molecule has 0 spiro atoms. The Labute approximate surface area is 98.1 Å². The highest BCUT2D eigenvalue weighted by atomic mass is 19.1. The van der Waals surface area contributed by atoms with Crippen molar-refractivity contribution in [2.45, 2.75) is 46.3 Å². The summed E-state index contributed by atoms with van der Waals surface area (Å²) in [5.74, 6) is 0. The van der Waals surface area contributed by atoms with Gasteiger partial charge in [0.15, 0.2) is 0 Å². The van der Waals surface area contributed by atoms with Crippen molar-refractivity contribution in [3.8, 4) is 0 Å². The molecular formula is C14H22FN. The average Bonchev–Trinajstić information content (AvgIpc) is 2.17. The second kappa shape index (κ2) is 4.96. The standard InChI is InChI=1S/C14H22FN/c1-10-7-6-8-12(11(10)2)13(15)9-16-14(3,4)5/h6-8,13,16H,9H2,1-5H3. The first-order valence-corrected chi connectivity index (χ1v) is 5.76. The first-order chi connectivity index (χ1) is 7.31. The number of alkyl halides is 1. The molecule has 0 saturated heterocycles. The Morgan fingerprint density at radius 1 is 1.25 bits per heavy atom. The second-order valence-corrected chi connectivity index (χ2v) is 5.39. The van der Waals surface area contributed by atoms with E-state index in [1.54, 1.807) is 0 Å². The first-order valence-electron chi connectivity index (χ1n) is 5.76. The molecule has 1 N–H and O–H groups in total. The van der Waals surface area contributed by atoms with Gasteiger partial charge in [-0.05, 0) is 51.3 Å². The fourth-order valence-corrected chi connectivity index (χ4v) is 1.62. The third kappa shape index (κ3) is 3.60. The van der Waals surface area contributed by atoms with Crippen LogP contribution in [0, 0.1) is 13.8 Å². The van der Waals surface area contributed by atoms with Gasteiger partial charge < -0.3 is 5.32 Å². The lowest BCUT2D eigenvalue weighted by molar-refractivity contribution is 0.290. The Hall–Kier alpha value is -0.890. The average molecular weight is 223 g/mol. The fourth-order valence-electron chi connectivity index (χ4n) is 1.62. The van der Waals surface area contributed by atoms with Crippen LogP contribution in [0.15, 0.2) is 18.2 Å². The molecule has 2 heteroatoms. The summed E-state index contributed by atoms with van der Waals surface area (Å²) in [4.78, 5) is 0. The van der Waals surface area contributed by atoms with Crippen molar-refractivity contribution in [3.63, 3.8) is 0 Å². The highest BCUT2D eigenvalue weighted by Crippen LogP contribution is 2.23. The van der Waals surface area contributed by atoms with Gasteiger partial charge in [0.1, 0.15) is 6.17 Å². The Morgan fingerprint density at radius 2 is 1.88 bits per heavy atom.